The van der Waals surface area contributed by atoms with Crippen LogP contribution in [-0.4, -0.2) is 39.9 Å². The Morgan fingerprint density at radius 2 is 1.64 bits per heavy atom. The summed E-state index contributed by atoms with van der Waals surface area (Å²) >= 11 is 6.45. The third-order valence-electron chi connectivity index (χ3n) is 6.48. The number of carbonyl (C=O) groups is 1. The van der Waals surface area contributed by atoms with Crippen LogP contribution in [0.2, 0.25) is 5.02 Å². The molecule has 1 amide bonds. The van der Waals surface area contributed by atoms with Gasteiger partial charge in [0.25, 0.3) is 11.5 Å². The van der Waals surface area contributed by atoms with Crippen LogP contribution in [0.4, 0.5) is 0 Å². The highest BCUT2D eigenvalue weighted by Crippen LogP contribution is 2.37. The van der Waals surface area contributed by atoms with E-state index < -0.39 is 0 Å². The topological polar surface area (TPSA) is 81.9 Å². The first kappa shape index (κ1) is 22.1. The largest absolute Gasteiger partial charge is 0.345 e. The summed E-state index contributed by atoms with van der Waals surface area (Å²) < 4.78 is 0. The van der Waals surface area contributed by atoms with Gasteiger partial charge in [-0.3, -0.25) is 9.59 Å². The molecule has 6 rings (SSSR count). The van der Waals surface area contributed by atoms with E-state index in [-0.39, 0.29) is 11.5 Å². The fraction of sp³-hybridized carbons (Fsp3) is 0.0690. The zero-order valence-electron chi connectivity index (χ0n) is 19.6. The summed E-state index contributed by atoms with van der Waals surface area (Å²) in [4.78, 5) is 38.0. The molecule has 0 radical (unpaired) electrons. The van der Waals surface area contributed by atoms with Crippen LogP contribution in [0.5, 0.6) is 0 Å². The van der Waals surface area contributed by atoms with Crippen LogP contribution < -0.4 is 5.56 Å². The predicted octanol–water partition coefficient (Wildman–Crippen LogP) is 6.25. The lowest BCUT2D eigenvalue weighted by atomic mass is 9.96. The van der Waals surface area contributed by atoms with Crippen molar-refractivity contribution in [2.75, 3.05) is 14.1 Å². The molecule has 36 heavy (non-hydrogen) atoms. The van der Waals surface area contributed by atoms with Gasteiger partial charge in [-0.15, -0.1) is 0 Å². The van der Waals surface area contributed by atoms with Crippen LogP contribution in [0.25, 0.3) is 55.1 Å². The lowest BCUT2D eigenvalue weighted by Gasteiger charge is -2.11. The predicted molar refractivity (Wildman–Crippen MR) is 146 cm³/mol. The number of fused-ring (bicyclic) bond motifs is 6. The van der Waals surface area contributed by atoms with Gasteiger partial charge in [0, 0.05) is 42.2 Å². The lowest BCUT2D eigenvalue weighted by molar-refractivity contribution is 0.0827. The van der Waals surface area contributed by atoms with Gasteiger partial charge in [-0.2, -0.15) is 0 Å². The number of hydrogen-bond acceptors (Lipinski definition) is 3. The maximum atomic E-state index is 13.0. The zero-order chi connectivity index (χ0) is 25.0. The number of amides is 1. The minimum absolute atomic E-state index is 0.0483. The molecule has 2 heterocycles. The highest BCUT2D eigenvalue weighted by Gasteiger charge is 2.17. The van der Waals surface area contributed by atoms with E-state index in [0.29, 0.717) is 21.8 Å². The molecule has 0 bridgehead atoms. The van der Waals surface area contributed by atoms with Crippen molar-refractivity contribution in [1.29, 1.82) is 0 Å². The number of imidazole rings is 1. The summed E-state index contributed by atoms with van der Waals surface area (Å²) in [6.45, 7) is 0. The van der Waals surface area contributed by atoms with Gasteiger partial charge < -0.3 is 14.9 Å². The number of carbonyl (C=O) groups excluding carboxylic acids is 1. The molecule has 0 saturated heterocycles. The van der Waals surface area contributed by atoms with Crippen molar-refractivity contribution < 1.29 is 4.79 Å². The first-order valence-corrected chi connectivity index (χ1v) is 11.8. The zero-order valence-corrected chi connectivity index (χ0v) is 20.4. The minimum Gasteiger partial charge on any atom is -0.345 e. The van der Waals surface area contributed by atoms with E-state index in [1.165, 1.54) is 0 Å². The van der Waals surface area contributed by atoms with Crippen molar-refractivity contribution in [2.24, 2.45) is 0 Å². The Kier molecular flexibility index (Phi) is 5.12. The molecule has 0 aliphatic rings. The van der Waals surface area contributed by atoms with Crippen molar-refractivity contribution in [2.45, 2.75) is 0 Å². The number of nitrogens with one attached hydrogen (secondary N) is 2. The van der Waals surface area contributed by atoms with Gasteiger partial charge in [0.15, 0.2) is 0 Å². The van der Waals surface area contributed by atoms with Crippen LogP contribution in [0.3, 0.4) is 0 Å². The van der Waals surface area contributed by atoms with E-state index in [2.05, 4.69) is 9.97 Å². The molecule has 2 N–H and O–H groups in total. The molecular formula is C29H21ClN4O2. The first-order valence-electron chi connectivity index (χ1n) is 11.5. The van der Waals surface area contributed by atoms with Gasteiger partial charge in [-0.25, -0.2) is 4.98 Å². The minimum atomic E-state index is -0.169. The lowest BCUT2D eigenvalue weighted by Crippen LogP contribution is -2.21. The first-order chi connectivity index (χ1) is 17.4. The van der Waals surface area contributed by atoms with Gasteiger partial charge >= 0.3 is 0 Å². The maximum Gasteiger partial charge on any atom is 0.256 e. The molecule has 4 aromatic carbocycles. The molecule has 0 spiro atoms. The molecule has 0 fully saturated rings. The normalized spacial score (nSPS) is 11.4. The van der Waals surface area contributed by atoms with Gasteiger partial charge in [0.1, 0.15) is 5.82 Å². The van der Waals surface area contributed by atoms with Gasteiger partial charge in [-0.1, -0.05) is 48.0 Å². The smallest absolute Gasteiger partial charge is 0.256 e. The summed E-state index contributed by atoms with van der Waals surface area (Å²) in [7, 11) is 3.46. The van der Waals surface area contributed by atoms with Crippen LogP contribution in [0.1, 0.15) is 10.4 Å². The molecule has 0 unspecified atom stereocenters. The van der Waals surface area contributed by atoms with Crippen molar-refractivity contribution in [3.8, 4) is 22.5 Å². The molecule has 0 aliphatic carbocycles. The highest BCUT2D eigenvalue weighted by atomic mass is 35.5. The number of aromatic nitrogens is 3. The Morgan fingerprint density at radius 1 is 0.889 bits per heavy atom. The highest BCUT2D eigenvalue weighted by molar-refractivity contribution is 6.33. The fourth-order valence-electron chi connectivity index (χ4n) is 4.70. The summed E-state index contributed by atoms with van der Waals surface area (Å²) in [6, 6.07) is 22.9. The second-order valence-corrected chi connectivity index (χ2v) is 9.33. The molecule has 176 valence electrons. The number of rotatable bonds is 3. The Hall–Kier alpha value is -4.42. The Balaban J connectivity index is 1.60. The van der Waals surface area contributed by atoms with E-state index in [1.54, 1.807) is 25.2 Å². The van der Waals surface area contributed by atoms with Crippen LogP contribution in [0, 0.1) is 0 Å². The quantitative estimate of drug-likeness (QED) is 0.286. The number of halogens is 1. The van der Waals surface area contributed by atoms with E-state index in [9.17, 15) is 9.59 Å². The second-order valence-electron chi connectivity index (χ2n) is 8.92. The Bertz CT molecular complexity index is 1870. The monoisotopic (exact) mass is 492 g/mol. The standard InChI is InChI=1S/C29H21ClN4O2/c1-34(2)29(36)17-9-7-16(8-10-17)18-11-12-19-22(15-18)24-21(13-14-31-28(24)35)26-25(19)32-27(33-26)20-5-3-4-6-23(20)30/h3-15H,1-2H3,(H,31,35)(H,32,33). The number of H-pyrrole nitrogens is 2. The van der Waals surface area contributed by atoms with Crippen LogP contribution in [-0.2, 0) is 0 Å². The van der Waals surface area contributed by atoms with E-state index in [0.717, 1.165) is 43.9 Å². The third-order valence-corrected chi connectivity index (χ3v) is 6.81. The SMILES string of the molecule is CN(C)C(=O)c1ccc(-c2ccc3c(c2)c2c(=O)[nH]ccc2c2[nH]c(-c4ccccc4Cl)nc32)cc1. The second kappa shape index (κ2) is 8.36. The van der Waals surface area contributed by atoms with Crippen molar-refractivity contribution in [3.63, 3.8) is 0 Å². The number of aromatic amines is 2. The van der Waals surface area contributed by atoms with Crippen molar-refractivity contribution >= 4 is 50.1 Å². The van der Waals surface area contributed by atoms with Crippen LogP contribution in [0.15, 0.2) is 83.8 Å². The molecule has 7 heteroatoms. The molecule has 6 nitrogen and oxygen atoms in total. The molecule has 0 aliphatic heterocycles. The Labute approximate surface area is 211 Å². The summed E-state index contributed by atoms with van der Waals surface area (Å²) in [5.74, 6) is 0.600. The molecule has 0 atom stereocenters. The maximum absolute atomic E-state index is 13.0. The molecular weight excluding hydrogens is 472 g/mol. The van der Waals surface area contributed by atoms with Gasteiger partial charge in [0.2, 0.25) is 0 Å². The fourth-order valence-corrected chi connectivity index (χ4v) is 4.92. The number of benzene rings is 4. The number of nitrogens with zero attached hydrogens (tertiary/aromatic N) is 2. The number of pyridine rings is 1. The van der Waals surface area contributed by atoms with Crippen molar-refractivity contribution in [3.05, 3.63) is 99.9 Å². The van der Waals surface area contributed by atoms with Gasteiger partial charge in [0.05, 0.1) is 21.4 Å². The number of hydrogen-bond donors (Lipinski definition) is 2. The van der Waals surface area contributed by atoms with Gasteiger partial charge in [-0.05, 0) is 52.9 Å². The molecule has 0 saturated carbocycles. The van der Waals surface area contributed by atoms with E-state index in [1.807, 2.05) is 72.8 Å². The Morgan fingerprint density at radius 3 is 2.39 bits per heavy atom. The molecule has 6 aromatic rings. The van der Waals surface area contributed by atoms with E-state index >= 15 is 0 Å². The van der Waals surface area contributed by atoms with Crippen LogP contribution >= 0.6 is 11.6 Å². The van der Waals surface area contributed by atoms with E-state index in [4.69, 9.17) is 16.6 Å². The average molecular weight is 493 g/mol. The summed E-state index contributed by atoms with van der Waals surface area (Å²) in [6.07, 6.45) is 1.65. The third kappa shape index (κ3) is 3.46. The summed E-state index contributed by atoms with van der Waals surface area (Å²) in [5, 5.41) is 3.66. The summed E-state index contributed by atoms with van der Waals surface area (Å²) in [5.41, 5.74) is 4.71. The average Bonchev–Trinajstić information content (AvgIpc) is 3.34. The molecule has 2 aromatic heterocycles. The van der Waals surface area contributed by atoms with Crippen molar-refractivity contribution in [1.82, 2.24) is 19.9 Å².